The number of nitrogens with one attached hydrogen (secondary N) is 1. The van der Waals surface area contributed by atoms with Crippen LogP contribution in [0, 0.1) is 0 Å². The predicted molar refractivity (Wildman–Crippen MR) is 103 cm³/mol. The van der Waals surface area contributed by atoms with E-state index in [0.29, 0.717) is 12.2 Å². The van der Waals surface area contributed by atoms with Crippen LogP contribution < -0.4 is 10.2 Å². The van der Waals surface area contributed by atoms with Gasteiger partial charge in [0.2, 0.25) is 5.82 Å². The third-order valence-electron chi connectivity index (χ3n) is 4.28. The van der Waals surface area contributed by atoms with Crippen molar-refractivity contribution in [1.29, 1.82) is 0 Å². The molecule has 1 saturated heterocycles. The van der Waals surface area contributed by atoms with Crippen molar-refractivity contribution in [2.75, 3.05) is 29.5 Å². The molecule has 0 unspecified atom stereocenters. The molecule has 1 aliphatic rings. The summed E-state index contributed by atoms with van der Waals surface area (Å²) in [6, 6.07) is 9.79. The third kappa shape index (κ3) is 3.50. The number of carbonyl (C=O) groups excluding carboxylic acids is 1. The maximum atomic E-state index is 12.6. The Labute approximate surface area is 155 Å². The van der Waals surface area contributed by atoms with E-state index in [4.69, 9.17) is 0 Å². The number of hydrogen-bond acceptors (Lipinski definition) is 6. The average Bonchev–Trinajstić information content (AvgIpc) is 3.07. The van der Waals surface area contributed by atoms with Gasteiger partial charge >= 0.3 is 0 Å². The van der Waals surface area contributed by atoms with Crippen molar-refractivity contribution < 1.29 is 4.79 Å². The Morgan fingerprint density at radius 2 is 1.96 bits per heavy atom. The van der Waals surface area contributed by atoms with Gasteiger partial charge in [-0.25, -0.2) is 9.97 Å². The molecule has 1 aliphatic heterocycles. The van der Waals surface area contributed by atoms with Gasteiger partial charge in [0, 0.05) is 44.4 Å². The quantitative estimate of drug-likeness (QED) is 0.757. The molecule has 2 aromatic heterocycles. The number of amides is 1. The van der Waals surface area contributed by atoms with Crippen LogP contribution in [0.25, 0.3) is 11.0 Å². The fraction of sp³-hybridized carbons (Fsp3) is 0.333. The maximum absolute atomic E-state index is 12.6. The molecule has 1 aromatic carbocycles. The van der Waals surface area contributed by atoms with Crippen molar-refractivity contribution >= 4 is 34.5 Å². The highest BCUT2D eigenvalue weighted by Crippen LogP contribution is 2.25. The van der Waals surface area contributed by atoms with Crippen LogP contribution in [0.4, 0.5) is 5.82 Å². The highest BCUT2D eigenvalue weighted by atomic mass is 32.2. The number of rotatable bonds is 4. The molecule has 0 spiro atoms. The standard InChI is InChI=1S/C18H20N6OS/c1-23-12-14-15(22-23)20-16(21-17(14)24-7-9-26-10-8-24)18(25)19-11-13-5-3-2-4-6-13/h2-6,12H,7-11H2,1H3,(H,19,25). The lowest BCUT2D eigenvalue weighted by Gasteiger charge is -2.27. The first-order valence-corrected chi connectivity index (χ1v) is 9.72. The second kappa shape index (κ2) is 7.33. The summed E-state index contributed by atoms with van der Waals surface area (Å²) in [5.41, 5.74) is 1.59. The molecule has 0 aliphatic carbocycles. The molecule has 3 heterocycles. The molecule has 134 valence electrons. The summed E-state index contributed by atoms with van der Waals surface area (Å²) < 4.78 is 1.72. The number of carbonyl (C=O) groups is 1. The first kappa shape index (κ1) is 16.8. The summed E-state index contributed by atoms with van der Waals surface area (Å²) in [7, 11) is 1.85. The van der Waals surface area contributed by atoms with Crippen LogP contribution in [0.15, 0.2) is 36.5 Å². The van der Waals surface area contributed by atoms with Crippen molar-refractivity contribution in [3.05, 3.63) is 47.9 Å². The topological polar surface area (TPSA) is 75.9 Å². The first-order valence-electron chi connectivity index (χ1n) is 8.57. The smallest absolute Gasteiger partial charge is 0.289 e. The van der Waals surface area contributed by atoms with Crippen LogP contribution in [-0.4, -0.2) is 50.3 Å². The van der Waals surface area contributed by atoms with E-state index >= 15 is 0 Å². The monoisotopic (exact) mass is 368 g/mol. The van der Waals surface area contributed by atoms with E-state index in [1.165, 1.54) is 0 Å². The average molecular weight is 368 g/mol. The number of aromatic nitrogens is 4. The lowest BCUT2D eigenvalue weighted by Crippen LogP contribution is -2.34. The highest BCUT2D eigenvalue weighted by molar-refractivity contribution is 7.99. The number of nitrogens with zero attached hydrogens (tertiary/aromatic N) is 5. The fourth-order valence-electron chi connectivity index (χ4n) is 2.98. The number of aryl methyl sites for hydroxylation is 1. The van der Waals surface area contributed by atoms with E-state index in [1.54, 1.807) is 4.68 Å². The molecule has 0 bridgehead atoms. The van der Waals surface area contributed by atoms with Crippen molar-refractivity contribution in [2.24, 2.45) is 7.05 Å². The second-order valence-electron chi connectivity index (χ2n) is 6.18. The fourth-order valence-corrected chi connectivity index (χ4v) is 3.88. The predicted octanol–water partition coefficient (Wildman–Crippen LogP) is 1.85. The number of anilines is 1. The lowest BCUT2D eigenvalue weighted by atomic mass is 10.2. The van der Waals surface area contributed by atoms with Gasteiger partial charge in [-0.3, -0.25) is 9.48 Å². The number of thioether (sulfide) groups is 1. The summed E-state index contributed by atoms with van der Waals surface area (Å²) in [5.74, 6) is 2.80. The first-order chi connectivity index (χ1) is 12.7. The normalized spacial score (nSPS) is 14.6. The summed E-state index contributed by atoms with van der Waals surface area (Å²) >= 11 is 1.93. The molecular formula is C18H20N6OS. The number of benzene rings is 1. The van der Waals surface area contributed by atoms with Gasteiger partial charge in [0.15, 0.2) is 5.65 Å². The molecule has 3 aromatic rings. The van der Waals surface area contributed by atoms with Crippen LogP contribution in [0.1, 0.15) is 16.2 Å². The molecule has 0 radical (unpaired) electrons. The zero-order valence-corrected chi connectivity index (χ0v) is 15.4. The maximum Gasteiger partial charge on any atom is 0.289 e. The van der Waals surface area contributed by atoms with E-state index in [0.717, 1.165) is 41.4 Å². The van der Waals surface area contributed by atoms with Gasteiger partial charge in [-0.15, -0.1) is 0 Å². The van der Waals surface area contributed by atoms with Gasteiger partial charge in [-0.1, -0.05) is 30.3 Å². The van der Waals surface area contributed by atoms with E-state index in [2.05, 4.69) is 25.3 Å². The molecule has 0 atom stereocenters. The minimum absolute atomic E-state index is 0.167. The van der Waals surface area contributed by atoms with E-state index in [9.17, 15) is 4.79 Å². The third-order valence-corrected chi connectivity index (χ3v) is 5.23. The van der Waals surface area contributed by atoms with Crippen LogP contribution in [0.5, 0.6) is 0 Å². The van der Waals surface area contributed by atoms with E-state index < -0.39 is 0 Å². The van der Waals surface area contributed by atoms with Crippen molar-refractivity contribution in [2.45, 2.75) is 6.54 Å². The molecule has 7 nitrogen and oxygen atoms in total. The largest absolute Gasteiger partial charge is 0.354 e. The summed E-state index contributed by atoms with van der Waals surface area (Å²) in [4.78, 5) is 23.8. The number of fused-ring (bicyclic) bond motifs is 1. The molecular weight excluding hydrogens is 348 g/mol. The number of hydrogen-bond donors (Lipinski definition) is 1. The Morgan fingerprint density at radius 3 is 2.73 bits per heavy atom. The van der Waals surface area contributed by atoms with E-state index in [1.807, 2.05) is 55.3 Å². The van der Waals surface area contributed by atoms with Gasteiger partial charge in [-0.2, -0.15) is 16.9 Å². The minimum Gasteiger partial charge on any atom is -0.354 e. The highest BCUT2D eigenvalue weighted by Gasteiger charge is 2.21. The molecule has 4 rings (SSSR count). The zero-order valence-electron chi connectivity index (χ0n) is 14.6. The summed E-state index contributed by atoms with van der Waals surface area (Å²) in [6.07, 6.45) is 1.91. The summed E-state index contributed by atoms with van der Waals surface area (Å²) in [6.45, 7) is 2.27. The molecule has 8 heteroatoms. The summed E-state index contributed by atoms with van der Waals surface area (Å²) in [5, 5.41) is 8.17. The molecule has 0 saturated carbocycles. The van der Waals surface area contributed by atoms with Crippen molar-refractivity contribution in [1.82, 2.24) is 25.1 Å². The van der Waals surface area contributed by atoms with E-state index in [-0.39, 0.29) is 11.7 Å². The molecule has 1 N–H and O–H groups in total. The van der Waals surface area contributed by atoms with Gasteiger partial charge < -0.3 is 10.2 Å². The van der Waals surface area contributed by atoms with Crippen LogP contribution >= 0.6 is 11.8 Å². The molecule has 1 fully saturated rings. The van der Waals surface area contributed by atoms with Gasteiger partial charge in [-0.05, 0) is 5.56 Å². The van der Waals surface area contributed by atoms with Gasteiger partial charge in [0.1, 0.15) is 5.82 Å². The van der Waals surface area contributed by atoms with Gasteiger partial charge in [0.25, 0.3) is 5.91 Å². The second-order valence-corrected chi connectivity index (χ2v) is 7.40. The molecule has 26 heavy (non-hydrogen) atoms. The van der Waals surface area contributed by atoms with Crippen molar-refractivity contribution in [3.63, 3.8) is 0 Å². The SMILES string of the molecule is Cn1cc2c(N3CCSCC3)nc(C(=O)NCc3ccccc3)nc2n1. The van der Waals surface area contributed by atoms with Crippen LogP contribution in [-0.2, 0) is 13.6 Å². The Kier molecular flexibility index (Phi) is 4.75. The van der Waals surface area contributed by atoms with Crippen molar-refractivity contribution in [3.8, 4) is 0 Å². The zero-order chi connectivity index (χ0) is 17.9. The lowest BCUT2D eigenvalue weighted by molar-refractivity contribution is 0.0941. The van der Waals surface area contributed by atoms with Crippen LogP contribution in [0.2, 0.25) is 0 Å². The van der Waals surface area contributed by atoms with Crippen LogP contribution in [0.3, 0.4) is 0 Å². The minimum atomic E-state index is -0.283. The Morgan fingerprint density at radius 1 is 1.19 bits per heavy atom. The molecule has 1 amide bonds. The Balaban J connectivity index is 1.63. The Bertz CT molecular complexity index is 920. The van der Waals surface area contributed by atoms with Gasteiger partial charge in [0.05, 0.1) is 5.39 Å². The Hall–Kier alpha value is -2.61.